The van der Waals surface area contributed by atoms with Gasteiger partial charge in [0.1, 0.15) is 22.1 Å². The van der Waals surface area contributed by atoms with Gasteiger partial charge >= 0.3 is 0 Å². The maximum absolute atomic E-state index is 12.0. The molecular weight excluding hydrogens is 360 g/mol. The molecule has 0 spiro atoms. The number of nitrogens with two attached hydrogens (primary N) is 1. The van der Waals surface area contributed by atoms with Crippen molar-refractivity contribution in [2.24, 2.45) is 5.14 Å². The van der Waals surface area contributed by atoms with Crippen molar-refractivity contribution < 1.29 is 27.4 Å². The number of carbonyl (C=O) groups is 1. The summed E-state index contributed by atoms with van der Waals surface area (Å²) in [5.74, 6) is 0.849. The summed E-state index contributed by atoms with van der Waals surface area (Å²) >= 11 is 0. The Bertz CT molecular complexity index is 865. The Morgan fingerprint density at radius 2 is 1.69 bits per heavy atom. The van der Waals surface area contributed by atoms with E-state index in [0.29, 0.717) is 18.1 Å². The molecule has 140 valence electrons. The number of hydrogen-bond acceptors (Lipinski definition) is 6. The molecule has 2 aromatic carbocycles. The first-order valence-electron chi connectivity index (χ1n) is 7.70. The molecule has 0 aromatic heterocycles. The molecule has 0 unspecified atom stereocenters. The minimum atomic E-state index is -3.99. The topological polar surface area (TPSA) is 117 Å². The average molecular weight is 380 g/mol. The zero-order chi connectivity index (χ0) is 19.2. The zero-order valence-corrected chi connectivity index (χ0v) is 15.2. The van der Waals surface area contributed by atoms with Crippen molar-refractivity contribution in [1.82, 2.24) is 0 Å². The normalized spacial score (nSPS) is 10.9. The number of nitrogens with one attached hydrogen (secondary N) is 1. The number of rotatable bonds is 8. The molecule has 0 heterocycles. The number of amides is 1. The van der Waals surface area contributed by atoms with Crippen LogP contribution in [-0.2, 0) is 14.8 Å². The maximum Gasteiger partial charge on any atom is 0.262 e. The molecule has 3 N–H and O–H groups in total. The van der Waals surface area contributed by atoms with Crippen LogP contribution >= 0.6 is 0 Å². The Balaban J connectivity index is 1.99. The molecule has 2 aromatic rings. The summed E-state index contributed by atoms with van der Waals surface area (Å²) in [6.45, 7) is 2.20. The maximum atomic E-state index is 12.0. The molecule has 0 atom stereocenters. The largest absolute Gasteiger partial charge is 0.495 e. The van der Waals surface area contributed by atoms with Gasteiger partial charge in [-0.25, -0.2) is 13.6 Å². The second-order valence-electron chi connectivity index (χ2n) is 5.15. The van der Waals surface area contributed by atoms with E-state index in [4.69, 9.17) is 19.3 Å². The Hall–Kier alpha value is -2.78. The first kappa shape index (κ1) is 19.5. The van der Waals surface area contributed by atoms with Crippen LogP contribution in [0.4, 0.5) is 5.69 Å². The molecule has 0 aliphatic carbocycles. The van der Waals surface area contributed by atoms with E-state index in [1.807, 2.05) is 6.92 Å². The van der Waals surface area contributed by atoms with Crippen LogP contribution in [0.5, 0.6) is 17.2 Å². The molecule has 0 aliphatic rings. The van der Waals surface area contributed by atoms with E-state index in [2.05, 4.69) is 5.32 Å². The van der Waals surface area contributed by atoms with E-state index in [-0.39, 0.29) is 22.9 Å². The lowest BCUT2D eigenvalue weighted by Gasteiger charge is -2.11. The number of anilines is 1. The van der Waals surface area contributed by atoms with Gasteiger partial charge in [0.15, 0.2) is 6.61 Å². The summed E-state index contributed by atoms with van der Waals surface area (Å²) in [5.41, 5.74) is 0.259. The van der Waals surface area contributed by atoms with Crippen LogP contribution in [0.1, 0.15) is 6.92 Å². The zero-order valence-electron chi connectivity index (χ0n) is 14.4. The Morgan fingerprint density at radius 1 is 1.08 bits per heavy atom. The van der Waals surface area contributed by atoms with Gasteiger partial charge in [0.25, 0.3) is 5.91 Å². The molecule has 0 radical (unpaired) electrons. The summed E-state index contributed by atoms with van der Waals surface area (Å²) in [5, 5.41) is 7.69. The average Bonchev–Trinajstić information content (AvgIpc) is 2.60. The lowest BCUT2D eigenvalue weighted by atomic mass is 10.3. The van der Waals surface area contributed by atoms with Gasteiger partial charge < -0.3 is 19.5 Å². The number of primary sulfonamides is 1. The Morgan fingerprint density at radius 3 is 2.23 bits per heavy atom. The van der Waals surface area contributed by atoms with Gasteiger partial charge in [-0.15, -0.1) is 0 Å². The first-order valence-corrected chi connectivity index (χ1v) is 9.24. The predicted octanol–water partition coefficient (Wildman–Crippen LogP) is 1.76. The van der Waals surface area contributed by atoms with Gasteiger partial charge in [-0.3, -0.25) is 4.79 Å². The van der Waals surface area contributed by atoms with Gasteiger partial charge in [0.05, 0.1) is 13.7 Å². The lowest BCUT2D eigenvalue weighted by molar-refractivity contribution is -0.118. The number of methoxy groups -OCH3 is 1. The summed E-state index contributed by atoms with van der Waals surface area (Å²) < 4.78 is 38.8. The van der Waals surface area contributed by atoms with Crippen molar-refractivity contribution in [3.63, 3.8) is 0 Å². The molecule has 0 saturated heterocycles. The van der Waals surface area contributed by atoms with Crippen LogP contribution in [0.25, 0.3) is 0 Å². The monoisotopic (exact) mass is 380 g/mol. The molecule has 8 nitrogen and oxygen atoms in total. The molecule has 9 heteroatoms. The molecule has 0 aliphatic heterocycles. The van der Waals surface area contributed by atoms with Gasteiger partial charge in [0.2, 0.25) is 10.0 Å². The number of ether oxygens (including phenoxy) is 3. The van der Waals surface area contributed by atoms with Crippen molar-refractivity contribution in [3.05, 3.63) is 42.5 Å². The van der Waals surface area contributed by atoms with Crippen molar-refractivity contribution in [2.45, 2.75) is 11.8 Å². The van der Waals surface area contributed by atoms with E-state index in [1.165, 1.54) is 25.3 Å². The highest BCUT2D eigenvalue weighted by atomic mass is 32.2. The molecule has 0 saturated carbocycles. The minimum Gasteiger partial charge on any atom is -0.495 e. The summed E-state index contributed by atoms with van der Waals surface area (Å²) in [7, 11) is -2.66. The fourth-order valence-electron chi connectivity index (χ4n) is 2.12. The molecule has 2 rings (SSSR count). The van der Waals surface area contributed by atoms with E-state index in [9.17, 15) is 13.2 Å². The quantitative estimate of drug-likeness (QED) is 0.721. The highest BCUT2D eigenvalue weighted by Crippen LogP contribution is 2.26. The van der Waals surface area contributed by atoms with Crippen LogP contribution in [0.3, 0.4) is 0 Å². The van der Waals surface area contributed by atoms with Crippen LogP contribution in [0, 0.1) is 0 Å². The van der Waals surface area contributed by atoms with E-state index in [1.54, 1.807) is 24.3 Å². The van der Waals surface area contributed by atoms with Crippen LogP contribution < -0.4 is 24.7 Å². The van der Waals surface area contributed by atoms with Crippen LogP contribution in [0.2, 0.25) is 0 Å². The van der Waals surface area contributed by atoms with Gasteiger partial charge in [-0.2, -0.15) is 0 Å². The third-order valence-electron chi connectivity index (χ3n) is 3.26. The van der Waals surface area contributed by atoms with Crippen LogP contribution in [0.15, 0.2) is 47.4 Å². The lowest BCUT2D eigenvalue weighted by Crippen LogP contribution is -2.21. The van der Waals surface area contributed by atoms with Gasteiger partial charge in [-0.05, 0) is 49.4 Å². The first-order chi connectivity index (χ1) is 12.3. The SMILES string of the molecule is CCOc1ccc(OCC(=O)Nc2ccc(OC)c(S(N)(=O)=O)c2)cc1. The molecule has 1 amide bonds. The number of carbonyl (C=O) groups excluding carboxylic acids is 1. The van der Waals surface area contributed by atoms with E-state index >= 15 is 0 Å². The van der Waals surface area contributed by atoms with Crippen molar-refractivity contribution in [3.8, 4) is 17.2 Å². The predicted molar refractivity (Wildman–Crippen MR) is 96.1 cm³/mol. The fourth-order valence-corrected chi connectivity index (χ4v) is 2.84. The van der Waals surface area contributed by atoms with Crippen molar-refractivity contribution in [1.29, 1.82) is 0 Å². The van der Waals surface area contributed by atoms with E-state index in [0.717, 1.165) is 0 Å². The third-order valence-corrected chi connectivity index (χ3v) is 4.19. The second-order valence-corrected chi connectivity index (χ2v) is 6.68. The number of sulfonamides is 1. The van der Waals surface area contributed by atoms with Crippen LogP contribution in [-0.4, -0.2) is 34.6 Å². The molecule has 0 bridgehead atoms. The van der Waals surface area contributed by atoms with Gasteiger partial charge in [0, 0.05) is 5.69 Å². The molecule has 26 heavy (non-hydrogen) atoms. The number of benzene rings is 2. The Labute approximate surface area is 151 Å². The fraction of sp³-hybridized carbons (Fsp3) is 0.235. The molecular formula is C17H20N2O6S. The highest BCUT2D eigenvalue weighted by Gasteiger charge is 2.16. The minimum absolute atomic E-state index is 0.0936. The standard InChI is InChI=1S/C17H20N2O6S/c1-3-24-13-5-7-14(8-6-13)25-11-17(20)19-12-4-9-15(23-2)16(10-12)26(18,21)22/h4-10H,3,11H2,1-2H3,(H,19,20)(H2,18,21,22). The number of hydrogen-bond donors (Lipinski definition) is 2. The second kappa shape index (κ2) is 8.54. The van der Waals surface area contributed by atoms with Crippen molar-refractivity contribution >= 4 is 21.6 Å². The summed E-state index contributed by atoms with van der Waals surface area (Å²) in [4.78, 5) is 11.8. The Kier molecular flexibility index (Phi) is 6.42. The summed E-state index contributed by atoms with van der Waals surface area (Å²) in [6, 6.07) is 11.0. The van der Waals surface area contributed by atoms with Gasteiger partial charge in [-0.1, -0.05) is 0 Å². The third kappa shape index (κ3) is 5.36. The smallest absolute Gasteiger partial charge is 0.262 e. The van der Waals surface area contributed by atoms with Crippen molar-refractivity contribution in [2.75, 3.05) is 25.6 Å². The summed E-state index contributed by atoms with van der Waals surface area (Å²) in [6.07, 6.45) is 0. The molecule has 0 fully saturated rings. The van der Waals surface area contributed by atoms with E-state index < -0.39 is 15.9 Å². The highest BCUT2D eigenvalue weighted by molar-refractivity contribution is 7.89.